The van der Waals surface area contributed by atoms with E-state index in [0.29, 0.717) is 5.69 Å². The average Bonchev–Trinajstić information content (AvgIpc) is 2.50. The number of carboxylic acid groups (broad SMARTS) is 1. The van der Waals surface area contributed by atoms with Gasteiger partial charge in [-0.2, -0.15) is 0 Å². The molecular formula is C14H20BNO4. The topological polar surface area (TPSA) is 67.8 Å². The van der Waals surface area contributed by atoms with Gasteiger partial charge in [-0.15, -0.1) is 0 Å². The second-order valence-corrected chi connectivity index (χ2v) is 6.09. The largest absolute Gasteiger partial charge is 0.495 e. The van der Waals surface area contributed by atoms with Crippen molar-refractivity contribution < 1.29 is 19.2 Å². The highest BCUT2D eigenvalue weighted by Gasteiger charge is 2.52. The number of hydrogen-bond donors (Lipinski definition) is 2. The normalized spacial score (nSPS) is 19.9. The van der Waals surface area contributed by atoms with Gasteiger partial charge in [0.25, 0.3) is 0 Å². The Morgan fingerprint density at radius 3 is 2.25 bits per heavy atom. The second-order valence-electron chi connectivity index (χ2n) is 6.09. The minimum Gasteiger partial charge on any atom is -0.465 e. The zero-order chi connectivity index (χ0) is 15.1. The van der Waals surface area contributed by atoms with E-state index >= 15 is 0 Å². The van der Waals surface area contributed by atoms with Crippen molar-refractivity contribution in [1.29, 1.82) is 0 Å². The van der Waals surface area contributed by atoms with Crippen LogP contribution in [0.4, 0.5) is 10.5 Å². The van der Waals surface area contributed by atoms with Gasteiger partial charge >= 0.3 is 13.2 Å². The first-order valence-corrected chi connectivity index (χ1v) is 6.58. The predicted octanol–water partition coefficient (Wildman–Crippen LogP) is 2.38. The maximum absolute atomic E-state index is 10.7. The van der Waals surface area contributed by atoms with Gasteiger partial charge < -0.3 is 14.4 Å². The van der Waals surface area contributed by atoms with Crippen molar-refractivity contribution in [3.8, 4) is 0 Å². The van der Waals surface area contributed by atoms with Crippen molar-refractivity contribution in [2.45, 2.75) is 45.8 Å². The number of anilines is 1. The first kappa shape index (κ1) is 14.9. The Morgan fingerprint density at radius 1 is 1.20 bits per heavy atom. The summed E-state index contributed by atoms with van der Waals surface area (Å²) in [6, 6.07) is 5.33. The zero-order valence-corrected chi connectivity index (χ0v) is 12.5. The molecule has 1 fully saturated rings. The van der Waals surface area contributed by atoms with Crippen LogP contribution in [0.25, 0.3) is 0 Å². The van der Waals surface area contributed by atoms with E-state index in [9.17, 15) is 4.79 Å². The number of benzene rings is 1. The van der Waals surface area contributed by atoms with Crippen molar-refractivity contribution in [3.63, 3.8) is 0 Å². The summed E-state index contributed by atoms with van der Waals surface area (Å²) >= 11 is 0. The van der Waals surface area contributed by atoms with Crippen molar-refractivity contribution in [2.75, 3.05) is 5.32 Å². The van der Waals surface area contributed by atoms with Crippen LogP contribution in [0.15, 0.2) is 18.2 Å². The molecule has 5 nitrogen and oxygen atoms in total. The van der Waals surface area contributed by atoms with Crippen molar-refractivity contribution in [1.82, 2.24) is 0 Å². The average molecular weight is 277 g/mol. The summed E-state index contributed by atoms with van der Waals surface area (Å²) in [6.07, 6.45) is -1.09. The molecule has 0 bridgehead atoms. The fourth-order valence-electron chi connectivity index (χ4n) is 2.07. The molecule has 0 unspecified atom stereocenters. The molecule has 0 atom stereocenters. The van der Waals surface area contributed by atoms with Crippen molar-refractivity contribution in [2.24, 2.45) is 0 Å². The monoisotopic (exact) mass is 277 g/mol. The van der Waals surface area contributed by atoms with Crippen LogP contribution in [0.1, 0.15) is 33.3 Å². The lowest BCUT2D eigenvalue weighted by Gasteiger charge is -2.32. The lowest BCUT2D eigenvalue weighted by atomic mass is 9.76. The van der Waals surface area contributed by atoms with Gasteiger partial charge in [0, 0.05) is 5.69 Å². The van der Waals surface area contributed by atoms with Gasteiger partial charge in [0.1, 0.15) is 0 Å². The molecule has 108 valence electrons. The summed E-state index contributed by atoms with van der Waals surface area (Å²) in [5.74, 6) is 0. The minimum atomic E-state index is -1.09. The third kappa shape index (κ3) is 2.67. The maximum Gasteiger partial charge on any atom is 0.495 e. The van der Waals surface area contributed by atoms with Crippen LogP contribution in [0.2, 0.25) is 0 Å². The molecule has 1 saturated heterocycles. The van der Waals surface area contributed by atoms with E-state index in [1.165, 1.54) is 0 Å². The predicted molar refractivity (Wildman–Crippen MR) is 78.5 cm³/mol. The van der Waals surface area contributed by atoms with E-state index in [4.69, 9.17) is 14.4 Å². The lowest BCUT2D eigenvalue weighted by Crippen LogP contribution is -2.41. The number of hydrogen-bond acceptors (Lipinski definition) is 3. The number of aryl methyl sites for hydroxylation is 1. The van der Waals surface area contributed by atoms with Gasteiger partial charge in [0.05, 0.1) is 11.2 Å². The molecule has 1 aromatic carbocycles. The smallest absolute Gasteiger partial charge is 0.465 e. The molecule has 20 heavy (non-hydrogen) atoms. The summed E-state index contributed by atoms with van der Waals surface area (Å²) in [5.41, 5.74) is 1.52. The standard InChI is InChI=1S/C14H20BNO4/c1-9-6-7-10(16-12(17)18)8-11(9)15-19-13(2,3)14(4,5)20-15/h6-8,16H,1-5H3,(H,17,18). The third-order valence-electron chi connectivity index (χ3n) is 4.04. The zero-order valence-electron chi connectivity index (χ0n) is 12.5. The molecule has 1 amide bonds. The Balaban J connectivity index is 2.32. The van der Waals surface area contributed by atoms with Gasteiger partial charge in [0.15, 0.2) is 0 Å². The third-order valence-corrected chi connectivity index (χ3v) is 4.04. The van der Waals surface area contributed by atoms with E-state index in [1.54, 1.807) is 12.1 Å². The quantitative estimate of drug-likeness (QED) is 0.814. The molecule has 0 radical (unpaired) electrons. The molecule has 0 aromatic heterocycles. The number of rotatable bonds is 2. The van der Waals surface area contributed by atoms with Crippen LogP contribution in [0, 0.1) is 6.92 Å². The Hall–Kier alpha value is -1.53. The van der Waals surface area contributed by atoms with Gasteiger partial charge in [-0.3, -0.25) is 5.32 Å². The highest BCUT2D eigenvalue weighted by Crippen LogP contribution is 2.36. The molecule has 6 heteroatoms. The van der Waals surface area contributed by atoms with E-state index < -0.39 is 24.4 Å². The molecule has 0 saturated carbocycles. The van der Waals surface area contributed by atoms with E-state index in [0.717, 1.165) is 11.0 Å². The van der Waals surface area contributed by atoms with Crippen LogP contribution < -0.4 is 10.8 Å². The van der Waals surface area contributed by atoms with E-state index in [-0.39, 0.29) is 0 Å². The highest BCUT2D eigenvalue weighted by atomic mass is 16.7. The Bertz CT molecular complexity index is 526. The molecule has 1 aliphatic heterocycles. The van der Waals surface area contributed by atoms with E-state index in [1.807, 2.05) is 40.7 Å². The first-order chi connectivity index (χ1) is 9.12. The molecule has 1 aliphatic rings. The van der Waals surface area contributed by atoms with Gasteiger partial charge in [-0.05, 0) is 52.2 Å². The summed E-state index contributed by atoms with van der Waals surface area (Å²) in [4.78, 5) is 10.7. The molecule has 1 heterocycles. The Morgan fingerprint density at radius 2 is 1.75 bits per heavy atom. The van der Waals surface area contributed by atoms with Crippen LogP contribution >= 0.6 is 0 Å². The molecule has 1 aromatic rings. The minimum absolute atomic E-state index is 0.416. The summed E-state index contributed by atoms with van der Waals surface area (Å²) in [5, 5.41) is 11.1. The fraction of sp³-hybridized carbons (Fsp3) is 0.500. The molecule has 2 rings (SSSR count). The van der Waals surface area contributed by atoms with Gasteiger partial charge in [-0.25, -0.2) is 4.79 Å². The number of amides is 1. The van der Waals surface area contributed by atoms with Crippen LogP contribution in [0.5, 0.6) is 0 Å². The summed E-state index contributed by atoms with van der Waals surface area (Å²) < 4.78 is 12.0. The summed E-state index contributed by atoms with van der Waals surface area (Å²) in [7, 11) is -0.490. The molecule has 0 spiro atoms. The van der Waals surface area contributed by atoms with Crippen molar-refractivity contribution in [3.05, 3.63) is 23.8 Å². The van der Waals surface area contributed by atoms with Crippen LogP contribution in [-0.4, -0.2) is 29.5 Å². The van der Waals surface area contributed by atoms with Crippen molar-refractivity contribution >= 4 is 24.4 Å². The molecule has 2 N–H and O–H groups in total. The van der Waals surface area contributed by atoms with E-state index in [2.05, 4.69) is 5.32 Å². The van der Waals surface area contributed by atoms with Crippen LogP contribution in [-0.2, 0) is 9.31 Å². The number of carbonyl (C=O) groups is 1. The summed E-state index contributed by atoms with van der Waals surface area (Å²) in [6.45, 7) is 9.90. The van der Waals surface area contributed by atoms with Crippen LogP contribution in [0.3, 0.4) is 0 Å². The molecule has 0 aliphatic carbocycles. The second kappa shape index (κ2) is 4.79. The highest BCUT2D eigenvalue weighted by molar-refractivity contribution is 6.62. The SMILES string of the molecule is Cc1ccc(NC(=O)O)cc1B1OC(C)(C)C(C)(C)O1. The number of nitrogens with one attached hydrogen (secondary N) is 1. The molecular weight excluding hydrogens is 257 g/mol. The fourth-order valence-corrected chi connectivity index (χ4v) is 2.07. The Labute approximate surface area is 119 Å². The lowest BCUT2D eigenvalue weighted by molar-refractivity contribution is 0.00578. The van der Waals surface area contributed by atoms with Gasteiger partial charge in [0.2, 0.25) is 0 Å². The first-order valence-electron chi connectivity index (χ1n) is 6.58. The Kier molecular flexibility index (Phi) is 3.56. The van der Waals surface area contributed by atoms with Gasteiger partial charge in [-0.1, -0.05) is 11.6 Å². The maximum atomic E-state index is 10.7.